The lowest BCUT2D eigenvalue weighted by atomic mass is 10.2. The van der Waals surface area contributed by atoms with E-state index in [9.17, 15) is 12.8 Å². The molecule has 0 amide bonds. The summed E-state index contributed by atoms with van der Waals surface area (Å²) in [6.45, 7) is 1.75. The number of ether oxygens (including phenoxy) is 1. The van der Waals surface area contributed by atoms with Crippen LogP contribution in [-0.4, -0.2) is 15.5 Å². The molecule has 0 saturated heterocycles. The van der Waals surface area contributed by atoms with Crippen LogP contribution in [0.25, 0.3) is 0 Å². The summed E-state index contributed by atoms with van der Waals surface area (Å²) in [6, 6.07) is 8.20. The van der Waals surface area contributed by atoms with Gasteiger partial charge in [0.15, 0.2) is 11.6 Å². The standard InChI is InChI=1S/C14H13ClFNO3S/c1-9-3-4-10(15)7-13(9)17-21(18,19)11-5-6-12(16)14(8-11)20-2/h3-8,17H,1-2H3. The molecule has 0 atom stereocenters. The van der Waals surface area contributed by atoms with Crippen molar-refractivity contribution in [3.05, 3.63) is 52.8 Å². The second-order valence-corrected chi connectivity index (χ2v) is 6.48. The molecular weight excluding hydrogens is 317 g/mol. The Labute approximate surface area is 127 Å². The van der Waals surface area contributed by atoms with Gasteiger partial charge in [-0.05, 0) is 36.8 Å². The molecule has 0 unspecified atom stereocenters. The van der Waals surface area contributed by atoms with Crippen LogP contribution in [0, 0.1) is 12.7 Å². The number of halogens is 2. The predicted octanol–water partition coefficient (Wildman–Crippen LogP) is 3.60. The van der Waals surface area contributed by atoms with Gasteiger partial charge in [-0.1, -0.05) is 17.7 Å². The third-order valence-electron chi connectivity index (χ3n) is 2.88. The number of hydrogen-bond donors (Lipinski definition) is 1. The summed E-state index contributed by atoms with van der Waals surface area (Å²) >= 11 is 5.86. The topological polar surface area (TPSA) is 55.4 Å². The molecule has 2 rings (SSSR count). The van der Waals surface area contributed by atoms with E-state index in [2.05, 4.69) is 4.72 Å². The summed E-state index contributed by atoms with van der Waals surface area (Å²) in [5.41, 5.74) is 1.09. The Morgan fingerprint density at radius 1 is 1.19 bits per heavy atom. The fourth-order valence-electron chi connectivity index (χ4n) is 1.72. The quantitative estimate of drug-likeness (QED) is 0.932. The second kappa shape index (κ2) is 5.91. The molecule has 0 radical (unpaired) electrons. The fraction of sp³-hybridized carbons (Fsp3) is 0.143. The van der Waals surface area contributed by atoms with E-state index in [1.54, 1.807) is 19.1 Å². The van der Waals surface area contributed by atoms with E-state index in [0.717, 1.165) is 17.7 Å². The Morgan fingerprint density at radius 2 is 1.90 bits per heavy atom. The van der Waals surface area contributed by atoms with E-state index in [4.69, 9.17) is 16.3 Å². The smallest absolute Gasteiger partial charge is 0.262 e. The molecule has 1 N–H and O–H groups in total. The molecule has 0 aliphatic carbocycles. The first-order valence-corrected chi connectivity index (χ1v) is 7.82. The zero-order chi connectivity index (χ0) is 15.6. The Morgan fingerprint density at radius 3 is 2.57 bits per heavy atom. The number of sulfonamides is 1. The van der Waals surface area contributed by atoms with E-state index < -0.39 is 15.8 Å². The summed E-state index contributed by atoms with van der Waals surface area (Å²) in [7, 11) is -2.59. The van der Waals surface area contributed by atoms with E-state index in [-0.39, 0.29) is 10.6 Å². The van der Waals surface area contributed by atoms with E-state index in [1.807, 2.05) is 0 Å². The molecule has 0 aliphatic rings. The summed E-state index contributed by atoms with van der Waals surface area (Å²) in [6.07, 6.45) is 0. The van der Waals surface area contributed by atoms with Crippen LogP contribution in [0.15, 0.2) is 41.3 Å². The van der Waals surface area contributed by atoms with Crippen LogP contribution in [-0.2, 0) is 10.0 Å². The van der Waals surface area contributed by atoms with Crippen LogP contribution >= 0.6 is 11.6 Å². The summed E-state index contributed by atoms with van der Waals surface area (Å²) in [5, 5.41) is 0.412. The van der Waals surface area contributed by atoms with Crippen LogP contribution in [0.5, 0.6) is 5.75 Å². The van der Waals surface area contributed by atoms with Crippen LogP contribution < -0.4 is 9.46 Å². The molecular formula is C14H13ClFNO3S. The molecule has 21 heavy (non-hydrogen) atoms. The number of methoxy groups -OCH3 is 1. The van der Waals surface area contributed by atoms with Crippen molar-refractivity contribution in [3.63, 3.8) is 0 Å². The normalized spacial score (nSPS) is 11.2. The van der Waals surface area contributed by atoms with E-state index >= 15 is 0 Å². The minimum atomic E-state index is -3.86. The third kappa shape index (κ3) is 3.46. The van der Waals surface area contributed by atoms with Crippen molar-refractivity contribution in [2.45, 2.75) is 11.8 Å². The van der Waals surface area contributed by atoms with Crippen LogP contribution in [0.2, 0.25) is 5.02 Å². The van der Waals surface area contributed by atoms with Crippen molar-refractivity contribution >= 4 is 27.3 Å². The second-order valence-electron chi connectivity index (χ2n) is 4.36. The first kappa shape index (κ1) is 15.6. The van der Waals surface area contributed by atoms with Crippen LogP contribution in [0.3, 0.4) is 0 Å². The van der Waals surface area contributed by atoms with Crippen molar-refractivity contribution < 1.29 is 17.5 Å². The molecule has 0 bridgehead atoms. The molecule has 7 heteroatoms. The number of hydrogen-bond acceptors (Lipinski definition) is 3. The molecule has 2 aromatic rings. The largest absolute Gasteiger partial charge is 0.494 e. The highest BCUT2D eigenvalue weighted by Gasteiger charge is 2.18. The summed E-state index contributed by atoms with van der Waals surface area (Å²) in [4.78, 5) is -0.0971. The van der Waals surface area contributed by atoms with Crippen molar-refractivity contribution in [3.8, 4) is 5.75 Å². The van der Waals surface area contributed by atoms with Crippen molar-refractivity contribution in [1.29, 1.82) is 0 Å². The van der Waals surface area contributed by atoms with Crippen molar-refractivity contribution in [2.24, 2.45) is 0 Å². The molecule has 0 heterocycles. The lowest BCUT2D eigenvalue weighted by Crippen LogP contribution is -2.14. The van der Waals surface area contributed by atoms with Gasteiger partial charge in [-0.3, -0.25) is 4.72 Å². The van der Waals surface area contributed by atoms with Gasteiger partial charge in [0.05, 0.1) is 17.7 Å². The van der Waals surface area contributed by atoms with Crippen molar-refractivity contribution in [2.75, 3.05) is 11.8 Å². The van der Waals surface area contributed by atoms with Gasteiger partial charge in [0, 0.05) is 11.1 Å². The molecule has 0 fully saturated rings. The number of aryl methyl sites for hydroxylation is 1. The average molecular weight is 330 g/mol. The van der Waals surface area contributed by atoms with Gasteiger partial charge in [-0.25, -0.2) is 12.8 Å². The molecule has 0 aliphatic heterocycles. The third-order valence-corrected chi connectivity index (χ3v) is 4.48. The van der Waals surface area contributed by atoms with Crippen molar-refractivity contribution in [1.82, 2.24) is 0 Å². The van der Waals surface area contributed by atoms with Crippen LogP contribution in [0.4, 0.5) is 10.1 Å². The number of nitrogens with one attached hydrogen (secondary N) is 1. The van der Waals surface area contributed by atoms with Gasteiger partial charge < -0.3 is 4.74 Å². The maximum absolute atomic E-state index is 13.3. The number of benzene rings is 2. The van der Waals surface area contributed by atoms with Gasteiger partial charge >= 0.3 is 0 Å². The summed E-state index contributed by atoms with van der Waals surface area (Å²) < 4.78 is 45.2. The highest BCUT2D eigenvalue weighted by Crippen LogP contribution is 2.26. The zero-order valence-electron chi connectivity index (χ0n) is 11.4. The molecule has 2 aromatic carbocycles. The zero-order valence-corrected chi connectivity index (χ0v) is 12.9. The fourth-order valence-corrected chi connectivity index (χ4v) is 3.02. The first-order valence-electron chi connectivity index (χ1n) is 5.96. The van der Waals surface area contributed by atoms with E-state index in [0.29, 0.717) is 10.7 Å². The highest BCUT2D eigenvalue weighted by atomic mass is 35.5. The molecule has 112 valence electrons. The minimum Gasteiger partial charge on any atom is -0.494 e. The minimum absolute atomic E-state index is 0.0971. The molecule has 0 spiro atoms. The predicted molar refractivity (Wildman–Crippen MR) is 79.9 cm³/mol. The lowest BCUT2D eigenvalue weighted by molar-refractivity contribution is 0.385. The Kier molecular flexibility index (Phi) is 4.39. The van der Waals surface area contributed by atoms with Gasteiger partial charge in [0.25, 0.3) is 10.0 Å². The van der Waals surface area contributed by atoms with Gasteiger partial charge in [-0.2, -0.15) is 0 Å². The Balaban J connectivity index is 2.41. The SMILES string of the molecule is COc1cc(S(=O)(=O)Nc2cc(Cl)ccc2C)ccc1F. The maximum Gasteiger partial charge on any atom is 0.262 e. The van der Waals surface area contributed by atoms with Crippen LogP contribution in [0.1, 0.15) is 5.56 Å². The first-order chi connectivity index (χ1) is 9.83. The highest BCUT2D eigenvalue weighted by molar-refractivity contribution is 7.92. The maximum atomic E-state index is 13.3. The molecule has 0 aromatic heterocycles. The number of rotatable bonds is 4. The van der Waals surface area contributed by atoms with Gasteiger partial charge in [0.1, 0.15) is 0 Å². The van der Waals surface area contributed by atoms with Gasteiger partial charge in [-0.15, -0.1) is 0 Å². The Bertz CT molecular complexity index is 778. The van der Waals surface area contributed by atoms with Gasteiger partial charge in [0.2, 0.25) is 0 Å². The van der Waals surface area contributed by atoms with E-state index in [1.165, 1.54) is 19.2 Å². The molecule has 0 saturated carbocycles. The Hall–Kier alpha value is -1.79. The molecule has 4 nitrogen and oxygen atoms in total. The average Bonchev–Trinajstić information content (AvgIpc) is 2.43. The summed E-state index contributed by atoms with van der Waals surface area (Å²) in [5.74, 6) is -0.768. The monoisotopic (exact) mass is 329 g/mol. The lowest BCUT2D eigenvalue weighted by Gasteiger charge is -2.12. The number of anilines is 1.